The molecule has 2 aromatic heterocycles. The van der Waals surface area contributed by atoms with Gasteiger partial charge in [-0.25, -0.2) is 4.68 Å². The molecule has 2 aromatic carbocycles. The second kappa shape index (κ2) is 9.82. The fourth-order valence-corrected chi connectivity index (χ4v) is 4.46. The molecule has 0 aliphatic heterocycles. The molecule has 0 aliphatic carbocycles. The quantitative estimate of drug-likeness (QED) is 0.242. The predicted octanol–water partition coefficient (Wildman–Crippen LogP) is 5.58. The summed E-state index contributed by atoms with van der Waals surface area (Å²) in [6, 6.07) is 14.0. The zero-order valence-corrected chi connectivity index (χ0v) is 21.1. The summed E-state index contributed by atoms with van der Waals surface area (Å²) in [6.07, 6.45) is 1.69. The molecule has 0 radical (unpaired) electrons. The smallest absolute Gasteiger partial charge is 0.276 e. The number of aryl methyl sites for hydroxylation is 2. The number of nitro benzene ring substituents is 1. The number of nitrogens with one attached hydrogen (secondary N) is 1. The second-order valence-corrected chi connectivity index (χ2v) is 9.65. The number of halogens is 1. The summed E-state index contributed by atoms with van der Waals surface area (Å²) < 4.78 is 4.32. The molecule has 0 bridgehead atoms. The summed E-state index contributed by atoms with van der Waals surface area (Å²) in [5.41, 5.74) is 3.36. The Bertz CT molecular complexity index is 1380. The van der Waals surface area contributed by atoms with Crippen LogP contribution in [0.2, 0.25) is 0 Å². The molecule has 9 nitrogen and oxygen atoms in total. The van der Waals surface area contributed by atoms with Crippen molar-refractivity contribution in [1.29, 1.82) is 0 Å². The van der Waals surface area contributed by atoms with Crippen LogP contribution in [-0.4, -0.2) is 30.4 Å². The monoisotopic (exact) mass is 540 g/mol. The SMILES string of the molecule is Cc1ccc(Sc2cc(NC(=O)c3ccn(Cn4nc(C)c(Br)c4C)n3)cc([N+](=O)[O-])c2)cc1. The molecule has 0 spiro atoms. The summed E-state index contributed by atoms with van der Waals surface area (Å²) in [4.78, 5) is 25.4. The fraction of sp³-hybridized carbons (Fsp3) is 0.174. The van der Waals surface area contributed by atoms with Gasteiger partial charge < -0.3 is 5.32 Å². The minimum Gasteiger partial charge on any atom is -0.320 e. The lowest BCUT2D eigenvalue weighted by molar-refractivity contribution is -0.385. The number of benzene rings is 2. The number of carbonyl (C=O) groups is 1. The molecule has 0 aliphatic rings. The van der Waals surface area contributed by atoms with Gasteiger partial charge >= 0.3 is 0 Å². The lowest BCUT2D eigenvalue weighted by Crippen LogP contribution is -2.16. The molecular formula is C23H21BrN6O3S. The number of rotatable bonds is 7. The second-order valence-electron chi connectivity index (χ2n) is 7.71. The molecule has 0 saturated heterocycles. The van der Waals surface area contributed by atoms with Gasteiger partial charge in [-0.3, -0.25) is 19.6 Å². The number of hydrogen-bond acceptors (Lipinski definition) is 6. The fourth-order valence-electron chi connectivity index (χ4n) is 3.27. The maximum absolute atomic E-state index is 12.8. The van der Waals surface area contributed by atoms with Crippen LogP contribution < -0.4 is 5.32 Å². The zero-order valence-electron chi connectivity index (χ0n) is 18.7. The van der Waals surface area contributed by atoms with E-state index < -0.39 is 10.8 Å². The number of hydrogen-bond donors (Lipinski definition) is 1. The molecule has 0 fully saturated rings. The highest BCUT2D eigenvalue weighted by Gasteiger charge is 2.16. The first-order valence-electron chi connectivity index (χ1n) is 10.3. The summed E-state index contributed by atoms with van der Waals surface area (Å²) in [6.45, 7) is 6.18. The number of aromatic nitrogens is 4. The minimum absolute atomic E-state index is 0.104. The molecule has 0 unspecified atom stereocenters. The van der Waals surface area contributed by atoms with Crippen molar-refractivity contribution in [3.63, 3.8) is 0 Å². The molecule has 2 heterocycles. The number of nitro groups is 1. The van der Waals surface area contributed by atoms with Crippen molar-refractivity contribution in [2.45, 2.75) is 37.2 Å². The van der Waals surface area contributed by atoms with Crippen molar-refractivity contribution in [2.75, 3.05) is 5.32 Å². The lowest BCUT2D eigenvalue weighted by atomic mass is 10.2. The number of nitrogens with zero attached hydrogens (tertiary/aromatic N) is 5. The maximum atomic E-state index is 12.8. The van der Waals surface area contributed by atoms with E-state index in [1.54, 1.807) is 27.7 Å². The molecule has 11 heteroatoms. The predicted molar refractivity (Wildman–Crippen MR) is 133 cm³/mol. The van der Waals surface area contributed by atoms with E-state index in [0.29, 0.717) is 17.3 Å². The van der Waals surface area contributed by atoms with E-state index in [2.05, 4.69) is 31.4 Å². The van der Waals surface area contributed by atoms with Gasteiger partial charge in [-0.15, -0.1) is 0 Å². The maximum Gasteiger partial charge on any atom is 0.276 e. The highest BCUT2D eigenvalue weighted by Crippen LogP contribution is 2.33. The third kappa shape index (κ3) is 5.37. The minimum atomic E-state index is -0.476. The highest BCUT2D eigenvalue weighted by molar-refractivity contribution is 9.10. The van der Waals surface area contributed by atoms with Gasteiger partial charge in [-0.05, 0) is 61.0 Å². The van der Waals surface area contributed by atoms with Gasteiger partial charge in [0, 0.05) is 33.8 Å². The van der Waals surface area contributed by atoms with E-state index in [1.165, 1.54) is 23.9 Å². The lowest BCUT2D eigenvalue weighted by Gasteiger charge is -2.08. The Labute approximate surface area is 208 Å². The van der Waals surface area contributed by atoms with Gasteiger partial charge in [0.05, 0.1) is 20.8 Å². The average Bonchev–Trinajstić information content (AvgIpc) is 3.36. The van der Waals surface area contributed by atoms with Crippen molar-refractivity contribution >= 4 is 45.0 Å². The van der Waals surface area contributed by atoms with Gasteiger partial charge in [0.15, 0.2) is 5.69 Å². The zero-order chi connectivity index (χ0) is 24.4. The third-order valence-corrected chi connectivity index (χ3v) is 7.19. The molecule has 34 heavy (non-hydrogen) atoms. The Morgan fingerprint density at radius 1 is 1.09 bits per heavy atom. The van der Waals surface area contributed by atoms with E-state index in [1.807, 2.05) is 45.0 Å². The normalized spacial score (nSPS) is 10.9. The van der Waals surface area contributed by atoms with Crippen molar-refractivity contribution in [3.05, 3.63) is 92.0 Å². The molecule has 1 N–H and O–H groups in total. The van der Waals surface area contributed by atoms with Crippen LogP contribution in [0.25, 0.3) is 0 Å². The average molecular weight is 541 g/mol. The molecule has 174 valence electrons. The van der Waals surface area contributed by atoms with Crippen LogP contribution >= 0.6 is 27.7 Å². The highest BCUT2D eigenvalue weighted by atomic mass is 79.9. The largest absolute Gasteiger partial charge is 0.320 e. The Balaban J connectivity index is 1.52. The van der Waals surface area contributed by atoms with Crippen LogP contribution in [-0.2, 0) is 6.67 Å². The van der Waals surface area contributed by atoms with Crippen molar-refractivity contribution in [2.24, 2.45) is 0 Å². The number of non-ortho nitro benzene ring substituents is 1. The number of carbonyl (C=O) groups excluding carboxylic acids is 1. The van der Waals surface area contributed by atoms with Crippen LogP contribution in [0.3, 0.4) is 0 Å². The summed E-state index contributed by atoms with van der Waals surface area (Å²) in [5, 5.41) is 22.9. The number of anilines is 1. The first-order chi connectivity index (χ1) is 16.2. The Morgan fingerprint density at radius 2 is 1.82 bits per heavy atom. The van der Waals surface area contributed by atoms with Crippen LogP contribution in [0.15, 0.2) is 69.0 Å². The van der Waals surface area contributed by atoms with Crippen molar-refractivity contribution in [3.8, 4) is 0 Å². The third-order valence-electron chi connectivity index (χ3n) is 5.06. The van der Waals surface area contributed by atoms with Gasteiger partial charge in [0.1, 0.15) is 6.67 Å². The topological polar surface area (TPSA) is 108 Å². The van der Waals surface area contributed by atoms with Gasteiger partial charge in [-0.2, -0.15) is 10.2 Å². The van der Waals surface area contributed by atoms with E-state index in [4.69, 9.17) is 0 Å². The van der Waals surface area contributed by atoms with Gasteiger partial charge in [0.25, 0.3) is 11.6 Å². The Morgan fingerprint density at radius 3 is 2.47 bits per heavy atom. The summed E-state index contributed by atoms with van der Waals surface area (Å²) in [7, 11) is 0. The first-order valence-corrected chi connectivity index (χ1v) is 11.9. The number of amides is 1. The van der Waals surface area contributed by atoms with E-state index in [-0.39, 0.29) is 11.4 Å². The first kappa shape index (κ1) is 23.7. The molecule has 0 saturated carbocycles. The van der Waals surface area contributed by atoms with E-state index >= 15 is 0 Å². The molecule has 0 atom stereocenters. The molecule has 4 aromatic rings. The summed E-state index contributed by atoms with van der Waals surface area (Å²) >= 11 is 4.88. The van der Waals surface area contributed by atoms with Gasteiger partial charge in [-0.1, -0.05) is 29.5 Å². The molecular weight excluding hydrogens is 520 g/mol. The Hall–Kier alpha value is -3.44. The molecule has 1 amide bonds. The van der Waals surface area contributed by atoms with E-state index in [0.717, 1.165) is 26.3 Å². The summed E-state index contributed by atoms with van der Waals surface area (Å²) in [5.74, 6) is -0.458. The van der Waals surface area contributed by atoms with Crippen LogP contribution in [0.1, 0.15) is 27.4 Å². The Kier molecular flexibility index (Phi) is 6.85. The standard InChI is InChI=1S/C23H21BrN6O3S/c1-14-4-6-19(7-5-14)34-20-11-17(10-18(12-20)30(32)33)25-23(31)21-8-9-28(27-21)13-29-16(3)22(24)15(2)26-29/h4-12H,13H2,1-3H3,(H,25,31). The van der Waals surface area contributed by atoms with Crippen LogP contribution in [0.5, 0.6) is 0 Å². The van der Waals surface area contributed by atoms with Crippen molar-refractivity contribution in [1.82, 2.24) is 19.6 Å². The van der Waals surface area contributed by atoms with E-state index in [9.17, 15) is 14.9 Å². The van der Waals surface area contributed by atoms with Crippen LogP contribution in [0.4, 0.5) is 11.4 Å². The van der Waals surface area contributed by atoms with Crippen LogP contribution in [0, 0.1) is 30.9 Å². The van der Waals surface area contributed by atoms with Gasteiger partial charge in [0.2, 0.25) is 0 Å². The van der Waals surface area contributed by atoms with Crippen molar-refractivity contribution < 1.29 is 9.72 Å². The molecule has 4 rings (SSSR count).